The van der Waals surface area contributed by atoms with E-state index in [0.29, 0.717) is 6.42 Å². The Morgan fingerprint density at radius 1 is 1.36 bits per heavy atom. The fraction of sp³-hybridized carbons (Fsp3) is 1.00. The van der Waals surface area contributed by atoms with Gasteiger partial charge in [0.25, 0.3) is 0 Å². The Bertz CT molecular complexity index is 182. The van der Waals surface area contributed by atoms with Gasteiger partial charge >= 0.3 is 7.82 Å². The normalized spacial score (nSPS) is 17.7. The molecule has 0 saturated heterocycles. The molecule has 2 unspecified atom stereocenters. The molecule has 0 aromatic rings. The molecule has 6 nitrogen and oxygen atoms in total. The van der Waals surface area contributed by atoms with Gasteiger partial charge in [-0.2, -0.15) is 0 Å². The van der Waals surface area contributed by atoms with E-state index in [4.69, 9.17) is 25.0 Å². The van der Waals surface area contributed by atoms with Crippen molar-refractivity contribution in [2.75, 3.05) is 0 Å². The lowest BCUT2D eigenvalue weighted by Gasteiger charge is -2.27. The average Bonchev–Trinajstić information content (AvgIpc) is 2.00. The van der Waals surface area contributed by atoms with Gasteiger partial charge in [-0.3, -0.25) is 0 Å². The number of hydrogen-bond acceptors (Lipinski definition) is 3. The van der Waals surface area contributed by atoms with E-state index >= 15 is 0 Å². The molecule has 14 heavy (non-hydrogen) atoms. The smallest absolute Gasteiger partial charge is 0.376 e. The SMILES string of the molecule is CCC(C)C(N)(O)CC.O=P(O)(O)O. The van der Waals surface area contributed by atoms with Crippen LogP contribution in [0.3, 0.4) is 0 Å². The summed E-state index contributed by atoms with van der Waals surface area (Å²) in [4.78, 5) is 21.6. The molecule has 0 rings (SSSR count). The van der Waals surface area contributed by atoms with Crippen molar-refractivity contribution in [2.24, 2.45) is 11.7 Å². The molecule has 0 spiro atoms. The summed E-state index contributed by atoms with van der Waals surface area (Å²) in [5.74, 6) is 0.197. The van der Waals surface area contributed by atoms with Crippen LogP contribution in [0.4, 0.5) is 0 Å². The second-order valence-electron chi connectivity index (χ2n) is 3.17. The molecule has 7 heteroatoms. The minimum Gasteiger partial charge on any atom is -0.376 e. The Balaban J connectivity index is 0. The standard InChI is InChI=1S/C7H17NO.H3O4P/c1-4-6(3)7(8,9)5-2;1-5(2,3)4/h6,9H,4-5,8H2,1-3H3;(H3,1,2,3,4). The Morgan fingerprint density at radius 3 is 1.71 bits per heavy atom. The van der Waals surface area contributed by atoms with Crippen LogP contribution < -0.4 is 5.73 Å². The fourth-order valence-electron chi connectivity index (χ4n) is 0.702. The summed E-state index contributed by atoms with van der Waals surface area (Å²) in [5.41, 5.74) is 4.58. The molecule has 0 aromatic carbocycles. The zero-order valence-electron chi connectivity index (χ0n) is 8.71. The van der Waals surface area contributed by atoms with Crippen LogP contribution in [0.25, 0.3) is 0 Å². The molecule has 0 radical (unpaired) electrons. The molecular weight excluding hydrogens is 209 g/mol. The molecule has 0 fully saturated rings. The monoisotopic (exact) mass is 229 g/mol. The van der Waals surface area contributed by atoms with Crippen molar-refractivity contribution in [2.45, 2.75) is 39.3 Å². The minimum absolute atomic E-state index is 0.197. The van der Waals surface area contributed by atoms with Gasteiger partial charge in [0.05, 0.1) is 0 Å². The Labute approximate surface area is 84.0 Å². The lowest BCUT2D eigenvalue weighted by molar-refractivity contribution is -0.0109. The van der Waals surface area contributed by atoms with Gasteiger partial charge in [-0.05, 0) is 18.8 Å². The molecular formula is C7H20NO5P. The summed E-state index contributed by atoms with van der Waals surface area (Å²) in [6.45, 7) is 5.88. The molecule has 6 N–H and O–H groups in total. The van der Waals surface area contributed by atoms with Crippen LogP contribution in [0, 0.1) is 5.92 Å². The van der Waals surface area contributed by atoms with E-state index in [1.807, 2.05) is 20.8 Å². The third-order valence-electron chi connectivity index (χ3n) is 2.03. The van der Waals surface area contributed by atoms with E-state index in [0.717, 1.165) is 6.42 Å². The third kappa shape index (κ3) is 12.0. The van der Waals surface area contributed by atoms with Crippen molar-refractivity contribution in [3.05, 3.63) is 0 Å². The van der Waals surface area contributed by atoms with E-state index < -0.39 is 13.5 Å². The Hall–Kier alpha value is 0.0300. The zero-order valence-corrected chi connectivity index (χ0v) is 9.61. The number of hydrogen-bond donors (Lipinski definition) is 5. The second-order valence-corrected chi connectivity index (χ2v) is 4.19. The Kier molecular flexibility index (Phi) is 7.64. The zero-order chi connectivity index (χ0) is 12.0. The lowest BCUT2D eigenvalue weighted by atomic mass is 9.94. The molecule has 2 atom stereocenters. The highest BCUT2D eigenvalue weighted by atomic mass is 31.2. The summed E-state index contributed by atoms with van der Waals surface area (Å²) in [6.07, 6.45) is 1.56. The van der Waals surface area contributed by atoms with E-state index in [1.54, 1.807) is 0 Å². The van der Waals surface area contributed by atoms with Gasteiger partial charge in [0.2, 0.25) is 0 Å². The fourth-order valence-corrected chi connectivity index (χ4v) is 0.702. The molecule has 0 bridgehead atoms. The van der Waals surface area contributed by atoms with E-state index in [2.05, 4.69) is 0 Å². The topological polar surface area (TPSA) is 124 Å². The summed E-state index contributed by atoms with van der Waals surface area (Å²) >= 11 is 0. The van der Waals surface area contributed by atoms with E-state index in [-0.39, 0.29) is 5.92 Å². The van der Waals surface area contributed by atoms with Crippen molar-refractivity contribution in [3.63, 3.8) is 0 Å². The third-order valence-corrected chi connectivity index (χ3v) is 2.03. The first-order valence-electron chi connectivity index (χ1n) is 4.34. The van der Waals surface area contributed by atoms with Crippen molar-refractivity contribution in [1.29, 1.82) is 0 Å². The summed E-state index contributed by atoms with van der Waals surface area (Å²) in [5, 5.41) is 9.37. The van der Waals surface area contributed by atoms with Crippen molar-refractivity contribution < 1.29 is 24.4 Å². The first-order chi connectivity index (χ1) is 6.04. The maximum atomic E-state index is 9.37. The van der Waals surface area contributed by atoms with Gasteiger partial charge in [-0.25, -0.2) is 4.57 Å². The van der Waals surface area contributed by atoms with Crippen LogP contribution in [0.5, 0.6) is 0 Å². The maximum Gasteiger partial charge on any atom is 0.466 e. The van der Waals surface area contributed by atoms with Crippen LogP contribution in [0.2, 0.25) is 0 Å². The summed E-state index contributed by atoms with van der Waals surface area (Å²) < 4.78 is 8.88. The number of nitrogens with two attached hydrogens (primary N) is 1. The molecule has 0 aliphatic heterocycles. The molecule has 88 valence electrons. The first kappa shape index (κ1) is 16.5. The predicted molar refractivity (Wildman–Crippen MR) is 53.1 cm³/mol. The molecule has 0 amide bonds. The number of aliphatic hydroxyl groups is 1. The van der Waals surface area contributed by atoms with Gasteiger partial charge in [-0.15, -0.1) is 0 Å². The van der Waals surface area contributed by atoms with Crippen molar-refractivity contribution in [3.8, 4) is 0 Å². The van der Waals surface area contributed by atoms with Gasteiger partial charge in [0, 0.05) is 0 Å². The van der Waals surface area contributed by atoms with Gasteiger partial charge in [-0.1, -0.05) is 20.8 Å². The molecule has 0 heterocycles. The van der Waals surface area contributed by atoms with Gasteiger partial charge < -0.3 is 25.5 Å². The van der Waals surface area contributed by atoms with E-state index in [1.165, 1.54) is 0 Å². The van der Waals surface area contributed by atoms with Crippen molar-refractivity contribution in [1.82, 2.24) is 0 Å². The lowest BCUT2D eigenvalue weighted by Crippen LogP contribution is -2.44. The average molecular weight is 229 g/mol. The van der Waals surface area contributed by atoms with E-state index in [9.17, 15) is 5.11 Å². The van der Waals surface area contributed by atoms with Crippen molar-refractivity contribution >= 4 is 7.82 Å². The van der Waals surface area contributed by atoms with Crippen LogP contribution in [0.1, 0.15) is 33.6 Å². The van der Waals surface area contributed by atoms with Gasteiger partial charge in [0.1, 0.15) is 5.72 Å². The van der Waals surface area contributed by atoms with Gasteiger partial charge in [0.15, 0.2) is 0 Å². The molecule has 0 aromatic heterocycles. The Morgan fingerprint density at radius 2 is 1.64 bits per heavy atom. The summed E-state index contributed by atoms with van der Waals surface area (Å²) in [7, 11) is -4.64. The van der Waals surface area contributed by atoms with Crippen LogP contribution >= 0.6 is 7.82 Å². The second kappa shape index (κ2) is 6.50. The van der Waals surface area contributed by atoms with Crippen LogP contribution in [-0.2, 0) is 4.57 Å². The highest BCUT2D eigenvalue weighted by molar-refractivity contribution is 7.45. The molecule has 0 aliphatic rings. The molecule has 0 saturated carbocycles. The highest BCUT2D eigenvalue weighted by Gasteiger charge is 2.24. The number of rotatable bonds is 3. The number of phosphoric acid groups is 1. The largest absolute Gasteiger partial charge is 0.466 e. The highest BCUT2D eigenvalue weighted by Crippen LogP contribution is 2.25. The van der Waals surface area contributed by atoms with Crippen LogP contribution in [-0.4, -0.2) is 25.5 Å². The first-order valence-corrected chi connectivity index (χ1v) is 5.90. The predicted octanol–water partition coefficient (Wildman–Crippen LogP) is 0.161. The van der Waals surface area contributed by atoms with Crippen LogP contribution in [0.15, 0.2) is 0 Å². The molecule has 0 aliphatic carbocycles. The minimum atomic E-state index is -4.64. The summed E-state index contributed by atoms with van der Waals surface area (Å²) in [6, 6.07) is 0. The maximum absolute atomic E-state index is 9.37. The quantitative estimate of drug-likeness (QED) is 0.347.